The lowest BCUT2D eigenvalue weighted by molar-refractivity contribution is -0.127. The van der Waals surface area contributed by atoms with Gasteiger partial charge in [-0.25, -0.2) is 0 Å². The summed E-state index contributed by atoms with van der Waals surface area (Å²) in [6, 6.07) is 19.5. The average Bonchev–Trinajstić information content (AvgIpc) is 3.56. The number of hydrogen-bond acceptors (Lipinski definition) is 6. The third-order valence-electron chi connectivity index (χ3n) is 7.19. The van der Waals surface area contributed by atoms with E-state index in [0.717, 1.165) is 27.7 Å². The Morgan fingerprint density at radius 1 is 1.10 bits per heavy atom. The summed E-state index contributed by atoms with van der Waals surface area (Å²) in [6.07, 6.45) is 0.669. The number of aromatic nitrogens is 1. The Kier molecular flexibility index (Phi) is 8.78. The normalized spacial score (nSPS) is 12.9. The van der Waals surface area contributed by atoms with Crippen LogP contribution in [0.5, 0.6) is 11.5 Å². The van der Waals surface area contributed by atoms with Crippen molar-refractivity contribution in [1.29, 1.82) is 0 Å². The molecule has 0 spiro atoms. The van der Waals surface area contributed by atoms with E-state index in [0.29, 0.717) is 35.1 Å². The zero-order valence-corrected chi connectivity index (χ0v) is 23.7. The zero-order valence-electron chi connectivity index (χ0n) is 22.9. The van der Waals surface area contributed by atoms with Crippen molar-refractivity contribution in [3.05, 3.63) is 88.6 Å². The van der Waals surface area contributed by atoms with Crippen LogP contribution < -0.4 is 19.7 Å². The van der Waals surface area contributed by atoms with Crippen LogP contribution in [0.15, 0.2) is 66.7 Å². The van der Waals surface area contributed by atoms with Gasteiger partial charge in [0.1, 0.15) is 12.6 Å². The molecule has 0 radical (unpaired) electrons. The van der Waals surface area contributed by atoms with Crippen molar-refractivity contribution in [2.45, 2.75) is 32.0 Å². The Labute approximate surface area is 243 Å². The van der Waals surface area contributed by atoms with Crippen LogP contribution in [0, 0.1) is 0 Å². The van der Waals surface area contributed by atoms with E-state index in [1.807, 2.05) is 47.0 Å². The van der Waals surface area contributed by atoms with Crippen molar-refractivity contribution in [2.24, 2.45) is 0 Å². The number of nitrogens with zero attached hydrogens (tertiary/aromatic N) is 2. The first kappa shape index (κ1) is 28.5. The summed E-state index contributed by atoms with van der Waals surface area (Å²) in [5.74, 6) is 0.561. The van der Waals surface area contributed by atoms with E-state index in [9.17, 15) is 14.7 Å². The maximum absolute atomic E-state index is 13.8. The lowest BCUT2D eigenvalue weighted by atomic mass is 10.0. The molecular formula is C31H32ClN3O6. The second kappa shape index (κ2) is 12.6. The molecule has 5 rings (SSSR count). The molecule has 41 heavy (non-hydrogen) atoms. The van der Waals surface area contributed by atoms with Gasteiger partial charge in [0.25, 0.3) is 0 Å². The number of amides is 2. The monoisotopic (exact) mass is 577 g/mol. The Morgan fingerprint density at radius 2 is 1.88 bits per heavy atom. The Balaban J connectivity index is 1.44. The lowest BCUT2D eigenvalue weighted by Crippen LogP contribution is -2.49. The zero-order chi connectivity index (χ0) is 28.9. The highest BCUT2D eigenvalue weighted by atomic mass is 35.5. The molecule has 1 atom stereocenters. The van der Waals surface area contributed by atoms with Crippen LogP contribution in [0.2, 0.25) is 5.02 Å². The minimum Gasteiger partial charge on any atom is -0.454 e. The van der Waals surface area contributed by atoms with E-state index < -0.39 is 6.04 Å². The first-order chi connectivity index (χ1) is 19.9. The van der Waals surface area contributed by atoms with Crippen molar-refractivity contribution in [3.63, 3.8) is 0 Å². The fourth-order valence-electron chi connectivity index (χ4n) is 5.24. The van der Waals surface area contributed by atoms with Crippen LogP contribution in [0.3, 0.4) is 0 Å². The molecule has 214 valence electrons. The fraction of sp³-hybridized carbons (Fsp3) is 0.290. The number of nitrogens with one attached hydrogen (secondary N) is 1. The molecule has 2 N–H and O–H groups in total. The molecule has 4 aromatic rings. The third kappa shape index (κ3) is 6.02. The van der Waals surface area contributed by atoms with E-state index in [4.69, 9.17) is 25.8 Å². The predicted octanol–water partition coefficient (Wildman–Crippen LogP) is 4.10. The van der Waals surface area contributed by atoms with E-state index in [-0.39, 0.29) is 38.4 Å². The number of hydrogen-bond donors (Lipinski definition) is 2. The molecule has 1 unspecified atom stereocenters. The van der Waals surface area contributed by atoms with Gasteiger partial charge in [-0.05, 0) is 41.8 Å². The number of carbonyl (C=O) groups excluding carboxylic acids is 2. The summed E-state index contributed by atoms with van der Waals surface area (Å²) in [7, 11) is 3.25. The summed E-state index contributed by atoms with van der Waals surface area (Å²) in [5, 5.41) is 14.0. The summed E-state index contributed by atoms with van der Waals surface area (Å²) < 4.78 is 18.2. The molecule has 3 aromatic carbocycles. The number of fused-ring (bicyclic) bond motifs is 2. The molecule has 0 saturated heterocycles. The lowest BCUT2D eigenvalue weighted by Gasteiger charge is -2.25. The minimum absolute atomic E-state index is 0.0622. The van der Waals surface area contributed by atoms with Gasteiger partial charge >= 0.3 is 0 Å². The molecule has 0 saturated carbocycles. The second-order valence-corrected chi connectivity index (χ2v) is 10.2. The van der Waals surface area contributed by atoms with Gasteiger partial charge in [0, 0.05) is 50.0 Å². The summed E-state index contributed by atoms with van der Waals surface area (Å²) in [4.78, 5) is 28.9. The number of methoxy groups -OCH3 is 1. The molecule has 1 aliphatic heterocycles. The van der Waals surface area contributed by atoms with Crippen LogP contribution in [-0.2, 0) is 40.3 Å². The minimum atomic E-state index is -0.839. The topological polar surface area (TPSA) is 102 Å². The van der Waals surface area contributed by atoms with E-state index in [2.05, 4.69) is 5.32 Å². The Morgan fingerprint density at radius 3 is 2.63 bits per heavy atom. The van der Waals surface area contributed by atoms with Gasteiger partial charge in [0.2, 0.25) is 18.6 Å². The van der Waals surface area contributed by atoms with Crippen molar-refractivity contribution < 1.29 is 28.9 Å². The highest BCUT2D eigenvalue weighted by molar-refractivity contribution is 6.35. The maximum Gasteiger partial charge on any atom is 0.249 e. The largest absolute Gasteiger partial charge is 0.454 e. The molecule has 1 aromatic heterocycles. The number of benzene rings is 3. The number of likely N-dealkylation sites (N-methyl/N-ethyl adjacent to an activating group) is 1. The highest BCUT2D eigenvalue weighted by Gasteiger charge is 2.28. The van der Waals surface area contributed by atoms with Crippen molar-refractivity contribution in [2.75, 3.05) is 32.5 Å². The van der Waals surface area contributed by atoms with Gasteiger partial charge in [-0.3, -0.25) is 9.59 Å². The van der Waals surface area contributed by atoms with Crippen LogP contribution in [-0.4, -0.2) is 55.1 Å². The number of ether oxygens (including phenoxy) is 3. The summed E-state index contributed by atoms with van der Waals surface area (Å²) in [6.45, 7) is 0.223. The predicted molar refractivity (Wildman–Crippen MR) is 157 cm³/mol. The van der Waals surface area contributed by atoms with Crippen LogP contribution >= 0.6 is 11.6 Å². The quantitative estimate of drug-likeness (QED) is 0.278. The number of aliphatic hydroxyl groups is 1. The molecule has 10 heteroatoms. The third-order valence-corrected chi connectivity index (χ3v) is 7.51. The first-order valence-corrected chi connectivity index (χ1v) is 13.7. The first-order valence-electron chi connectivity index (χ1n) is 13.3. The Hall–Kier alpha value is -4.05. The summed E-state index contributed by atoms with van der Waals surface area (Å²) >= 11 is 6.56. The molecular weight excluding hydrogens is 546 g/mol. The molecule has 9 nitrogen and oxygen atoms in total. The number of anilines is 1. The van der Waals surface area contributed by atoms with Gasteiger partial charge < -0.3 is 34.1 Å². The Bertz CT molecular complexity index is 1550. The highest BCUT2D eigenvalue weighted by Crippen LogP contribution is 2.36. The van der Waals surface area contributed by atoms with Crippen molar-refractivity contribution >= 4 is 40.0 Å². The van der Waals surface area contributed by atoms with Crippen molar-refractivity contribution in [3.8, 4) is 11.5 Å². The molecule has 0 fully saturated rings. The average molecular weight is 578 g/mol. The fourth-order valence-corrected chi connectivity index (χ4v) is 5.52. The van der Waals surface area contributed by atoms with Crippen LogP contribution in [0.25, 0.3) is 10.9 Å². The summed E-state index contributed by atoms with van der Waals surface area (Å²) in [5.41, 5.74) is 3.87. The molecule has 0 aliphatic carbocycles. The van der Waals surface area contributed by atoms with Crippen LogP contribution in [0.1, 0.15) is 16.8 Å². The number of aliphatic hydroxyl groups excluding tert-OH is 1. The van der Waals surface area contributed by atoms with E-state index in [1.54, 1.807) is 38.4 Å². The van der Waals surface area contributed by atoms with Gasteiger partial charge in [-0.1, -0.05) is 48.0 Å². The van der Waals surface area contributed by atoms with Gasteiger partial charge in [-0.2, -0.15) is 0 Å². The number of halogens is 1. The molecule has 2 heterocycles. The standard InChI is InChI=1S/C31H32ClN3O6/c1-34(21-11-12-27-28(16-21)41-19-40-27)31(38)24(15-20-7-4-3-5-8-20)33-29(37)17-35-25-10-6-9-23(32)30(25)22(13-14-36)26(35)18-39-2/h3-12,16,24,36H,13-15,17-19H2,1-2H3,(H,33,37). The number of carbonyl (C=O) groups is 2. The van der Waals surface area contributed by atoms with E-state index in [1.165, 1.54) is 4.90 Å². The molecule has 0 bridgehead atoms. The van der Waals surface area contributed by atoms with Gasteiger partial charge in [0.05, 0.1) is 17.1 Å². The second-order valence-electron chi connectivity index (χ2n) is 9.80. The number of rotatable bonds is 11. The van der Waals surface area contributed by atoms with E-state index >= 15 is 0 Å². The van der Waals surface area contributed by atoms with Crippen LogP contribution in [0.4, 0.5) is 5.69 Å². The van der Waals surface area contributed by atoms with Gasteiger partial charge in [-0.15, -0.1) is 0 Å². The SMILES string of the molecule is COCc1c(CCO)c2c(Cl)cccc2n1CC(=O)NC(Cc1ccccc1)C(=O)N(C)c1ccc2c(c1)OCO2. The van der Waals surface area contributed by atoms with Gasteiger partial charge in [0.15, 0.2) is 11.5 Å². The molecule has 2 amide bonds. The maximum atomic E-state index is 13.8. The smallest absolute Gasteiger partial charge is 0.249 e. The van der Waals surface area contributed by atoms with Crippen molar-refractivity contribution in [1.82, 2.24) is 9.88 Å². The molecule has 1 aliphatic rings.